The summed E-state index contributed by atoms with van der Waals surface area (Å²) in [4.78, 5) is 24.9. The van der Waals surface area contributed by atoms with E-state index in [0.717, 1.165) is 11.5 Å². The van der Waals surface area contributed by atoms with E-state index in [0.29, 0.717) is 17.9 Å². The van der Waals surface area contributed by atoms with Crippen LogP contribution in [-0.2, 0) is 11.2 Å². The van der Waals surface area contributed by atoms with Crippen LogP contribution < -0.4 is 4.74 Å². The van der Waals surface area contributed by atoms with Crippen molar-refractivity contribution in [1.29, 1.82) is 0 Å². The van der Waals surface area contributed by atoms with E-state index in [-0.39, 0.29) is 39.9 Å². The Morgan fingerprint density at radius 3 is 2.37 bits per heavy atom. The number of unbranched alkanes of at least 4 members (excludes halogenated alkanes) is 1. The van der Waals surface area contributed by atoms with Crippen LogP contribution in [0.5, 0.6) is 11.5 Å². The molecule has 1 N–H and O–H groups in total. The SMILES string of the molecule is CCCCc1c(F)c(O)c(F)c2c(OC(C)=O)c(C)n(C(=O)c3ccc(Cl)cc3)c12. The van der Waals surface area contributed by atoms with Gasteiger partial charge in [0.2, 0.25) is 0 Å². The molecule has 158 valence electrons. The zero-order valence-electron chi connectivity index (χ0n) is 16.7. The van der Waals surface area contributed by atoms with Crippen molar-refractivity contribution in [2.75, 3.05) is 0 Å². The first-order chi connectivity index (χ1) is 14.2. The Bertz CT molecular complexity index is 1150. The first-order valence-corrected chi connectivity index (χ1v) is 9.79. The number of rotatable bonds is 5. The molecule has 2 aromatic carbocycles. The van der Waals surface area contributed by atoms with Crippen LogP contribution >= 0.6 is 11.6 Å². The molecule has 0 atom stereocenters. The van der Waals surface area contributed by atoms with Gasteiger partial charge in [0.15, 0.2) is 23.1 Å². The van der Waals surface area contributed by atoms with E-state index in [9.17, 15) is 23.5 Å². The summed E-state index contributed by atoms with van der Waals surface area (Å²) in [5, 5.41) is 10.1. The lowest BCUT2D eigenvalue weighted by molar-refractivity contribution is -0.131. The topological polar surface area (TPSA) is 68.5 Å². The number of hydrogen-bond donors (Lipinski definition) is 1. The summed E-state index contributed by atoms with van der Waals surface area (Å²) in [5.41, 5.74) is 0.255. The highest BCUT2D eigenvalue weighted by molar-refractivity contribution is 6.30. The number of aryl methyl sites for hydroxylation is 1. The number of ether oxygens (including phenoxy) is 1. The van der Waals surface area contributed by atoms with Gasteiger partial charge in [0.1, 0.15) is 0 Å². The number of nitrogens with zero attached hydrogens (tertiary/aromatic N) is 1. The Morgan fingerprint density at radius 1 is 1.17 bits per heavy atom. The zero-order chi connectivity index (χ0) is 22.2. The minimum Gasteiger partial charge on any atom is -0.503 e. The second-order valence-electron chi connectivity index (χ2n) is 6.94. The van der Waals surface area contributed by atoms with E-state index in [4.69, 9.17) is 16.3 Å². The van der Waals surface area contributed by atoms with Gasteiger partial charge in [-0.15, -0.1) is 0 Å². The molecule has 0 amide bonds. The average Bonchev–Trinajstić information content (AvgIpc) is 2.98. The third kappa shape index (κ3) is 3.65. The van der Waals surface area contributed by atoms with Crippen molar-refractivity contribution in [3.8, 4) is 11.5 Å². The van der Waals surface area contributed by atoms with E-state index in [1.165, 1.54) is 31.2 Å². The predicted molar refractivity (Wildman–Crippen MR) is 109 cm³/mol. The van der Waals surface area contributed by atoms with Gasteiger partial charge in [-0.25, -0.2) is 8.78 Å². The first kappa shape index (κ1) is 21.8. The molecule has 0 saturated heterocycles. The average molecular weight is 436 g/mol. The highest BCUT2D eigenvalue weighted by Crippen LogP contribution is 2.42. The second-order valence-corrected chi connectivity index (χ2v) is 7.37. The van der Waals surface area contributed by atoms with Crippen molar-refractivity contribution in [3.63, 3.8) is 0 Å². The van der Waals surface area contributed by atoms with Crippen LogP contribution in [0.3, 0.4) is 0 Å². The zero-order valence-corrected chi connectivity index (χ0v) is 17.4. The van der Waals surface area contributed by atoms with Gasteiger partial charge >= 0.3 is 5.97 Å². The standard InChI is InChI=1S/C22H20ClF2NO4/c1-4-5-6-15-17(24)20(28)18(25)16-19(15)26(11(2)21(16)30-12(3)27)22(29)13-7-9-14(23)10-8-13/h7-10,28H,4-6H2,1-3H3. The molecule has 3 rings (SSSR count). The number of aromatic nitrogens is 1. The monoisotopic (exact) mass is 435 g/mol. The number of hydrogen-bond acceptors (Lipinski definition) is 4. The molecular weight excluding hydrogens is 416 g/mol. The molecule has 0 aliphatic heterocycles. The van der Waals surface area contributed by atoms with E-state index in [1.54, 1.807) is 0 Å². The normalized spacial score (nSPS) is 11.1. The van der Waals surface area contributed by atoms with Crippen molar-refractivity contribution in [1.82, 2.24) is 4.57 Å². The lowest BCUT2D eigenvalue weighted by Crippen LogP contribution is -2.15. The fourth-order valence-electron chi connectivity index (χ4n) is 3.45. The summed E-state index contributed by atoms with van der Waals surface area (Å²) in [7, 11) is 0. The Kier molecular flexibility index (Phi) is 6.12. The molecular formula is C22H20ClF2NO4. The molecule has 8 heteroatoms. The molecule has 0 aliphatic rings. The fraction of sp³-hybridized carbons (Fsp3) is 0.273. The Balaban J connectivity index is 2.43. The maximum absolute atomic E-state index is 15.0. The smallest absolute Gasteiger partial charge is 0.308 e. The molecule has 0 bridgehead atoms. The third-order valence-electron chi connectivity index (χ3n) is 4.86. The van der Waals surface area contributed by atoms with Crippen LogP contribution in [0.4, 0.5) is 8.78 Å². The molecule has 30 heavy (non-hydrogen) atoms. The van der Waals surface area contributed by atoms with E-state index >= 15 is 0 Å². The maximum Gasteiger partial charge on any atom is 0.308 e. The van der Waals surface area contributed by atoms with Crippen molar-refractivity contribution >= 4 is 34.4 Å². The number of phenols is 1. The van der Waals surface area contributed by atoms with Gasteiger partial charge in [-0.05, 0) is 44.0 Å². The van der Waals surface area contributed by atoms with Gasteiger partial charge in [-0.2, -0.15) is 0 Å². The van der Waals surface area contributed by atoms with Gasteiger partial charge < -0.3 is 9.84 Å². The lowest BCUT2D eigenvalue weighted by atomic mass is 10.0. The number of carbonyl (C=O) groups excluding carboxylic acids is 2. The minimum absolute atomic E-state index is 0.0189. The summed E-state index contributed by atoms with van der Waals surface area (Å²) in [6.07, 6.45) is 1.41. The van der Waals surface area contributed by atoms with Crippen molar-refractivity contribution in [2.45, 2.75) is 40.0 Å². The quantitative estimate of drug-likeness (QED) is 0.534. The van der Waals surface area contributed by atoms with Gasteiger partial charge in [0.25, 0.3) is 5.91 Å². The fourth-order valence-corrected chi connectivity index (χ4v) is 3.57. The molecule has 0 unspecified atom stereocenters. The largest absolute Gasteiger partial charge is 0.503 e. The van der Waals surface area contributed by atoms with Gasteiger partial charge in [-0.3, -0.25) is 14.2 Å². The minimum atomic E-state index is -1.29. The number of esters is 1. The van der Waals surface area contributed by atoms with Crippen molar-refractivity contribution in [2.24, 2.45) is 0 Å². The molecule has 1 heterocycles. The summed E-state index contributed by atoms with van der Waals surface area (Å²) < 4.78 is 36.1. The molecule has 1 aromatic heterocycles. The molecule has 3 aromatic rings. The molecule has 0 radical (unpaired) electrons. The number of fused-ring (bicyclic) bond motifs is 1. The number of aromatic hydroxyl groups is 1. The number of halogens is 3. The number of benzene rings is 2. The van der Waals surface area contributed by atoms with E-state index in [1.807, 2.05) is 6.92 Å². The maximum atomic E-state index is 15.0. The molecule has 0 spiro atoms. The predicted octanol–water partition coefficient (Wildman–Crippen LogP) is 5.54. The Labute approximate surface area is 176 Å². The summed E-state index contributed by atoms with van der Waals surface area (Å²) in [5.74, 6) is -5.14. The van der Waals surface area contributed by atoms with Crippen LogP contribution in [-0.4, -0.2) is 21.6 Å². The van der Waals surface area contributed by atoms with E-state index < -0.39 is 29.3 Å². The van der Waals surface area contributed by atoms with Gasteiger partial charge in [0.05, 0.1) is 16.6 Å². The molecule has 0 aliphatic carbocycles. The summed E-state index contributed by atoms with van der Waals surface area (Å²) in [6.45, 7) is 4.49. The summed E-state index contributed by atoms with van der Waals surface area (Å²) >= 11 is 5.89. The third-order valence-corrected chi connectivity index (χ3v) is 5.11. The highest BCUT2D eigenvalue weighted by atomic mass is 35.5. The highest BCUT2D eigenvalue weighted by Gasteiger charge is 2.31. The first-order valence-electron chi connectivity index (χ1n) is 9.41. The number of phenolic OH excluding ortho intramolecular Hbond substituents is 1. The molecule has 0 fully saturated rings. The van der Waals surface area contributed by atoms with Crippen molar-refractivity contribution in [3.05, 3.63) is 57.7 Å². The number of carbonyl (C=O) groups is 2. The van der Waals surface area contributed by atoms with Gasteiger partial charge in [0, 0.05) is 23.1 Å². The molecule has 0 saturated carbocycles. The lowest BCUT2D eigenvalue weighted by Gasteiger charge is -2.12. The van der Waals surface area contributed by atoms with Crippen LogP contribution in [0.25, 0.3) is 10.9 Å². The van der Waals surface area contributed by atoms with Gasteiger partial charge in [-0.1, -0.05) is 24.9 Å². The van der Waals surface area contributed by atoms with Crippen LogP contribution in [0.2, 0.25) is 5.02 Å². The van der Waals surface area contributed by atoms with Crippen LogP contribution in [0.1, 0.15) is 48.3 Å². The Hall–Kier alpha value is -2.93. The van der Waals surface area contributed by atoms with E-state index in [2.05, 4.69) is 0 Å². The van der Waals surface area contributed by atoms with Crippen LogP contribution in [0.15, 0.2) is 24.3 Å². The second kappa shape index (κ2) is 8.44. The molecule has 5 nitrogen and oxygen atoms in total. The van der Waals surface area contributed by atoms with Crippen molar-refractivity contribution < 1.29 is 28.2 Å². The summed E-state index contributed by atoms with van der Waals surface area (Å²) in [6, 6.07) is 6.02. The Morgan fingerprint density at radius 2 is 1.80 bits per heavy atom. The van der Waals surface area contributed by atoms with Crippen LogP contribution in [0, 0.1) is 18.6 Å².